The van der Waals surface area contributed by atoms with Crippen LogP contribution in [-0.2, 0) is 20.5 Å². The molecule has 1 aliphatic rings. The van der Waals surface area contributed by atoms with Crippen molar-refractivity contribution in [2.24, 2.45) is 0 Å². The first-order valence-electron chi connectivity index (χ1n) is 7.10. The fraction of sp³-hybridized carbons (Fsp3) is 0.467. The predicted octanol–water partition coefficient (Wildman–Crippen LogP) is 1.92. The van der Waals surface area contributed by atoms with Gasteiger partial charge in [-0.1, -0.05) is 12.1 Å². The predicted molar refractivity (Wildman–Crippen MR) is 76.9 cm³/mol. The Hall–Kier alpha value is -2.09. The average Bonchev–Trinajstić information content (AvgIpc) is 2.52. The van der Waals surface area contributed by atoms with E-state index in [-0.39, 0.29) is 5.69 Å². The van der Waals surface area contributed by atoms with E-state index in [4.69, 9.17) is 4.74 Å². The second-order valence-corrected chi connectivity index (χ2v) is 5.11. The molecule has 0 unspecified atom stereocenters. The summed E-state index contributed by atoms with van der Waals surface area (Å²) in [5.74, 6) is -1.02. The third-order valence-corrected chi connectivity index (χ3v) is 3.54. The number of carbonyl (C=O) groups excluding carboxylic acids is 2. The van der Waals surface area contributed by atoms with Crippen molar-refractivity contribution in [2.45, 2.75) is 13.1 Å². The molecule has 0 saturated carbocycles. The van der Waals surface area contributed by atoms with E-state index in [9.17, 15) is 22.8 Å². The van der Waals surface area contributed by atoms with Crippen molar-refractivity contribution in [1.29, 1.82) is 0 Å². The molecule has 1 aliphatic heterocycles. The normalized spacial score (nSPS) is 15.4. The summed E-state index contributed by atoms with van der Waals surface area (Å²) in [4.78, 5) is 26.4. The molecule has 1 saturated heterocycles. The monoisotopic (exact) mass is 330 g/mol. The van der Waals surface area contributed by atoms with Crippen LogP contribution in [0.15, 0.2) is 24.3 Å². The number of anilines is 1. The minimum absolute atomic E-state index is 0.311. The zero-order valence-electron chi connectivity index (χ0n) is 12.6. The van der Waals surface area contributed by atoms with E-state index in [0.29, 0.717) is 26.3 Å². The number of rotatable bonds is 3. The van der Waals surface area contributed by atoms with Crippen LogP contribution in [0.25, 0.3) is 0 Å². The minimum Gasteiger partial charge on any atom is -0.378 e. The van der Waals surface area contributed by atoms with Gasteiger partial charge in [0.25, 0.3) is 0 Å². The van der Waals surface area contributed by atoms with Crippen LogP contribution >= 0.6 is 0 Å². The highest BCUT2D eigenvalue weighted by atomic mass is 19.4. The zero-order valence-corrected chi connectivity index (χ0v) is 12.6. The third kappa shape index (κ3) is 4.22. The van der Waals surface area contributed by atoms with Crippen molar-refractivity contribution in [3.05, 3.63) is 29.8 Å². The molecule has 1 aromatic rings. The SMILES string of the molecule is CC(=O)N(CC(=O)N1CCOCC1)c1ccccc1C(F)(F)F. The van der Waals surface area contributed by atoms with Gasteiger partial charge in [0.2, 0.25) is 11.8 Å². The topological polar surface area (TPSA) is 49.9 Å². The van der Waals surface area contributed by atoms with E-state index in [1.54, 1.807) is 0 Å². The van der Waals surface area contributed by atoms with Crippen LogP contribution in [0.1, 0.15) is 12.5 Å². The molecule has 2 amide bonds. The number of hydrogen-bond donors (Lipinski definition) is 0. The standard InChI is InChI=1S/C15H17F3N2O3/c1-11(21)20(10-14(22)19-6-8-23-9-7-19)13-5-3-2-4-12(13)15(16,17)18/h2-5H,6-10H2,1H3. The van der Waals surface area contributed by atoms with Crippen molar-refractivity contribution in [3.63, 3.8) is 0 Å². The summed E-state index contributed by atoms with van der Waals surface area (Å²) in [7, 11) is 0. The lowest BCUT2D eigenvalue weighted by Gasteiger charge is -2.30. The molecule has 126 valence electrons. The number of carbonyl (C=O) groups is 2. The Balaban J connectivity index is 2.26. The molecule has 0 aromatic heterocycles. The van der Waals surface area contributed by atoms with Crippen molar-refractivity contribution < 1.29 is 27.5 Å². The van der Waals surface area contributed by atoms with Gasteiger partial charge >= 0.3 is 6.18 Å². The lowest BCUT2D eigenvalue weighted by molar-refractivity contribution is -0.138. The Kier molecular flexibility index (Phi) is 5.25. The molecular weight excluding hydrogens is 313 g/mol. The van der Waals surface area contributed by atoms with E-state index in [1.807, 2.05) is 0 Å². The molecule has 0 atom stereocenters. The molecule has 0 bridgehead atoms. The lowest BCUT2D eigenvalue weighted by Crippen LogP contribution is -2.47. The number of hydrogen-bond acceptors (Lipinski definition) is 3. The van der Waals surface area contributed by atoms with Crippen LogP contribution in [-0.4, -0.2) is 49.6 Å². The maximum Gasteiger partial charge on any atom is 0.418 e. The number of amides is 2. The Bertz CT molecular complexity index is 584. The summed E-state index contributed by atoms with van der Waals surface area (Å²) in [6, 6.07) is 4.73. The molecule has 5 nitrogen and oxygen atoms in total. The first kappa shape index (κ1) is 17.3. The van der Waals surface area contributed by atoms with Gasteiger partial charge in [-0.15, -0.1) is 0 Å². The van der Waals surface area contributed by atoms with Crippen molar-refractivity contribution in [3.8, 4) is 0 Å². The molecule has 8 heteroatoms. The van der Waals surface area contributed by atoms with E-state index < -0.39 is 30.1 Å². The van der Waals surface area contributed by atoms with Crippen molar-refractivity contribution in [1.82, 2.24) is 4.90 Å². The number of nitrogens with zero attached hydrogens (tertiary/aromatic N) is 2. The van der Waals surface area contributed by atoms with Crippen molar-refractivity contribution >= 4 is 17.5 Å². The summed E-state index contributed by atoms with van der Waals surface area (Å²) >= 11 is 0. The largest absolute Gasteiger partial charge is 0.418 e. The second kappa shape index (κ2) is 6.99. The summed E-state index contributed by atoms with van der Waals surface area (Å²) < 4.78 is 44.5. The fourth-order valence-corrected chi connectivity index (χ4v) is 2.36. The number of para-hydroxylation sites is 1. The average molecular weight is 330 g/mol. The molecule has 0 N–H and O–H groups in total. The molecule has 2 rings (SSSR count). The maximum atomic E-state index is 13.1. The smallest absolute Gasteiger partial charge is 0.378 e. The highest BCUT2D eigenvalue weighted by Crippen LogP contribution is 2.36. The molecule has 0 aliphatic carbocycles. The first-order valence-corrected chi connectivity index (χ1v) is 7.10. The molecule has 0 spiro atoms. The summed E-state index contributed by atoms with van der Waals surface area (Å²) in [6.45, 7) is 2.20. The molecule has 1 fully saturated rings. The summed E-state index contributed by atoms with van der Waals surface area (Å²) in [6.07, 6.45) is -4.60. The molecular formula is C15H17F3N2O3. The highest BCUT2D eigenvalue weighted by molar-refractivity contribution is 5.98. The van der Waals surface area contributed by atoms with Crippen LogP contribution in [0.2, 0.25) is 0 Å². The van der Waals surface area contributed by atoms with E-state index >= 15 is 0 Å². The van der Waals surface area contributed by atoms with E-state index in [2.05, 4.69) is 0 Å². The van der Waals surface area contributed by atoms with E-state index in [1.165, 1.54) is 23.1 Å². The number of halogens is 3. The Morgan fingerprint density at radius 3 is 2.39 bits per heavy atom. The van der Waals surface area contributed by atoms with Gasteiger partial charge < -0.3 is 14.5 Å². The minimum atomic E-state index is -4.60. The highest BCUT2D eigenvalue weighted by Gasteiger charge is 2.36. The molecule has 1 aromatic carbocycles. The van der Waals surface area contributed by atoms with Crippen molar-refractivity contribution in [2.75, 3.05) is 37.7 Å². The Labute approximate surface area is 131 Å². The molecule has 0 radical (unpaired) electrons. The van der Waals surface area contributed by atoms with Crippen LogP contribution in [0.5, 0.6) is 0 Å². The molecule has 23 heavy (non-hydrogen) atoms. The maximum absolute atomic E-state index is 13.1. The van der Waals surface area contributed by atoms with Gasteiger partial charge in [-0.05, 0) is 12.1 Å². The van der Waals surface area contributed by atoms with Crippen LogP contribution < -0.4 is 4.90 Å². The third-order valence-electron chi connectivity index (χ3n) is 3.54. The number of morpholine rings is 1. The summed E-state index contributed by atoms with van der Waals surface area (Å²) in [5.41, 5.74) is -1.25. The van der Waals surface area contributed by atoms with Gasteiger partial charge in [0, 0.05) is 20.0 Å². The van der Waals surface area contributed by atoms with Gasteiger partial charge in [0.1, 0.15) is 6.54 Å². The van der Waals surface area contributed by atoms with Crippen LogP contribution in [0, 0.1) is 0 Å². The fourth-order valence-electron chi connectivity index (χ4n) is 2.36. The zero-order chi connectivity index (χ0) is 17.0. The second-order valence-electron chi connectivity index (χ2n) is 5.11. The first-order chi connectivity index (χ1) is 10.8. The van der Waals surface area contributed by atoms with Crippen LogP contribution in [0.4, 0.5) is 18.9 Å². The Morgan fingerprint density at radius 2 is 1.83 bits per heavy atom. The molecule has 1 heterocycles. The van der Waals surface area contributed by atoms with Gasteiger partial charge in [-0.2, -0.15) is 13.2 Å². The van der Waals surface area contributed by atoms with E-state index in [0.717, 1.165) is 17.9 Å². The number of benzene rings is 1. The lowest BCUT2D eigenvalue weighted by atomic mass is 10.1. The summed E-state index contributed by atoms with van der Waals surface area (Å²) in [5, 5.41) is 0. The number of alkyl halides is 3. The quantitative estimate of drug-likeness (QED) is 0.851. The van der Waals surface area contributed by atoms with Crippen LogP contribution in [0.3, 0.4) is 0 Å². The van der Waals surface area contributed by atoms with Gasteiger partial charge in [-0.25, -0.2) is 0 Å². The number of ether oxygens (including phenoxy) is 1. The van der Waals surface area contributed by atoms with Gasteiger partial charge in [0.05, 0.1) is 24.5 Å². The van der Waals surface area contributed by atoms with Gasteiger partial charge in [-0.3, -0.25) is 9.59 Å². The Morgan fingerprint density at radius 1 is 1.22 bits per heavy atom. The van der Waals surface area contributed by atoms with Gasteiger partial charge in [0.15, 0.2) is 0 Å².